The fourth-order valence-corrected chi connectivity index (χ4v) is 3.22. The molecule has 1 fully saturated rings. The van der Waals surface area contributed by atoms with Crippen LogP contribution in [0, 0.1) is 17.2 Å². The molecule has 0 aromatic carbocycles. The third-order valence-electron chi connectivity index (χ3n) is 3.29. The first-order valence-corrected chi connectivity index (χ1v) is 7.92. The highest BCUT2D eigenvalue weighted by molar-refractivity contribution is 7.89. The van der Waals surface area contributed by atoms with Crippen LogP contribution in [0.25, 0.3) is 0 Å². The van der Waals surface area contributed by atoms with Crippen molar-refractivity contribution >= 4 is 10.0 Å². The highest BCUT2D eigenvalue weighted by Gasteiger charge is 2.27. The quantitative estimate of drug-likeness (QED) is 0.860. The van der Waals surface area contributed by atoms with Crippen LogP contribution >= 0.6 is 0 Å². The molecule has 1 N–H and O–H groups in total. The molecule has 0 saturated heterocycles. The Morgan fingerprint density at radius 2 is 2.26 bits per heavy atom. The summed E-state index contributed by atoms with van der Waals surface area (Å²) in [6, 6.07) is 4.67. The molecular formula is C13H17N3O2S. The molecule has 1 aromatic heterocycles. The minimum Gasteiger partial charge on any atom is -0.244 e. The highest BCUT2D eigenvalue weighted by Crippen LogP contribution is 2.34. The van der Waals surface area contributed by atoms with E-state index in [9.17, 15) is 8.42 Å². The van der Waals surface area contributed by atoms with E-state index in [4.69, 9.17) is 5.26 Å². The fraction of sp³-hybridized carbons (Fsp3) is 0.538. The summed E-state index contributed by atoms with van der Waals surface area (Å²) in [6.45, 7) is 1.98. The van der Waals surface area contributed by atoms with Gasteiger partial charge in [0, 0.05) is 12.2 Å². The Balaban J connectivity index is 2.09. The van der Waals surface area contributed by atoms with E-state index in [2.05, 4.69) is 9.71 Å². The van der Waals surface area contributed by atoms with Crippen molar-refractivity contribution in [2.75, 3.05) is 0 Å². The average molecular weight is 279 g/mol. The average Bonchev–Trinajstić information content (AvgIpc) is 3.21. The molecule has 1 aromatic rings. The monoisotopic (exact) mass is 279 g/mol. The minimum atomic E-state index is -3.54. The van der Waals surface area contributed by atoms with Gasteiger partial charge >= 0.3 is 0 Å². The first kappa shape index (κ1) is 14.0. The Bertz CT molecular complexity index is 571. The van der Waals surface area contributed by atoms with Gasteiger partial charge in [-0.2, -0.15) is 5.26 Å². The van der Waals surface area contributed by atoms with Crippen LogP contribution in [0.5, 0.6) is 0 Å². The summed E-state index contributed by atoms with van der Waals surface area (Å²) in [7, 11) is -3.54. The zero-order valence-corrected chi connectivity index (χ0v) is 11.7. The van der Waals surface area contributed by atoms with Gasteiger partial charge in [0.1, 0.15) is 16.7 Å². The van der Waals surface area contributed by atoms with Crippen LogP contribution in [0.4, 0.5) is 0 Å². The molecule has 0 amide bonds. The van der Waals surface area contributed by atoms with Crippen molar-refractivity contribution in [1.29, 1.82) is 5.26 Å². The smallest absolute Gasteiger partial charge is 0.242 e. The van der Waals surface area contributed by atoms with Crippen LogP contribution in [0.2, 0.25) is 0 Å². The van der Waals surface area contributed by atoms with Crippen LogP contribution in [0.15, 0.2) is 23.2 Å². The lowest BCUT2D eigenvalue weighted by Crippen LogP contribution is -2.34. The number of rotatable bonds is 6. The number of pyridine rings is 1. The largest absolute Gasteiger partial charge is 0.244 e. The summed E-state index contributed by atoms with van der Waals surface area (Å²) < 4.78 is 27.1. The number of sulfonamides is 1. The molecular weight excluding hydrogens is 262 g/mol. The molecule has 0 aliphatic heterocycles. The molecule has 19 heavy (non-hydrogen) atoms. The fourth-order valence-electron chi connectivity index (χ4n) is 1.95. The molecule has 1 unspecified atom stereocenters. The molecule has 5 nitrogen and oxygen atoms in total. The topological polar surface area (TPSA) is 82.9 Å². The van der Waals surface area contributed by atoms with Gasteiger partial charge in [0.2, 0.25) is 10.0 Å². The Morgan fingerprint density at radius 1 is 1.53 bits per heavy atom. The summed E-state index contributed by atoms with van der Waals surface area (Å²) in [5.41, 5.74) is 0.212. The number of aromatic nitrogens is 1. The van der Waals surface area contributed by atoms with E-state index < -0.39 is 10.0 Å². The highest BCUT2D eigenvalue weighted by atomic mass is 32.2. The van der Waals surface area contributed by atoms with Crippen molar-refractivity contribution in [3.8, 4) is 6.07 Å². The van der Waals surface area contributed by atoms with Gasteiger partial charge in [-0.1, -0.05) is 19.8 Å². The maximum Gasteiger partial charge on any atom is 0.242 e. The van der Waals surface area contributed by atoms with Crippen LogP contribution in [0.3, 0.4) is 0 Å². The van der Waals surface area contributed by atoms with E-state index in [1.54, 1.807) is 0 Å². The van der Waals surface area contributed by atoms with E-state index in [0.717, 1.165) is 12.8 Å². The zero-order valence-electron chi connectivity index (χ0n) is 10.8. The molecule has 1 heterocycles. The van der Waals surface area contributed by atoms with Gasteiger partial charge in [-0.05, 0) is 30.9 Å². The normalized spacial score (nSPS) is 16.8. The van der Waals surface area contributed by atoms with Crippen molar-refractivity contribution < 1.29 is 8.42 Å². The zero-order chi connectivity index (χ0) is 13.9. The van der Waals surface area contributed by atoms with E-state index in [0.29, 0.717) is 5.92 Å². The van der Waals surface area contributed by atoms with Crippen molar-refractivity contribution in [2.24, 2.45) is 5.92 Å². The van der Waals surface area contributed by atoms with Crippen LogP contribution < -0.4 is 4.72 Å². The number of hydrogen-bond acceptors (Lipinski definition) is 4. The Hall–Kier alpha value is -1.45. The lowest BCUT2D eigenvalue weighted by atomic mass is 10.1. The summed E-state index contributed by atoms with van der Waals surface area (Å²) >= 11 is 0. The Labute approximate surface area is 113 Å². The van der Waals surface area contributed by atoms with E-state index in [1.807, 2.05) is 13.0 Å². The van der Waals surface area contributed by atoms with Crippen LogP contribution in [-0.4, -0.2) is 19.4 Å². The molecule has 6 heteroatoms. The lowest BCUT2D eigenvalue weighted by molar-refractivity contribution is 0.495. The van der Waals surface area contributed by atoms with Crippen molar-refractivity contribution in [1.82, 2.24) is 9.71 Å². The predicted octanol–water partition coefficient (Wildman–Crippen LogP) is 1.81. The molecule has 1 aliphatic carbocycles. The number of hydrogen-bond donors (Lipinski definition) is 1. The number of nitriles is 1. The van der Waals surface area contributed by atoms with E-state index in [-0.39, 0.29) is 16.6 Å². The van der Waals surface area contributed by atoms with Gasteiger partial charge in [0.05, 0.1) is 0 Å². The summed E-state index contributed by atoms with van der Waals surface area (Å²) in [4.78, 5) is 3.90. The summed E-state index contributed by atoms with van der Waals surface area (Å²) in [6.07, 6.45) is 5.32. The first-order valence-electron chi connectivity index (χ1n) is 6.43. The van der Waals surface area contributed by atoms with Gasteiger partial charge in [0.15, 0.2) is 0 Å². The Kier molecular flexibility index (Phi) is 4.17. The molecule has 1 atom stereocenters. The van der Waals surface area contributed by atoms with Gasteiger partial charge in [0.25, 0.3) is 0 Å². The summed E-state index contributed by atoms with van der Waals surface area (Å²) in [5.74, 6) is 0.673. The van der Waals surface area contributed by atoms with Gasteiger partial charge in [-0.3, -0.25) is 0 Å². The van der Waals surface area contributed by atoms with E-state index >= 15 is 0 Å². The SMILES string of the molecule is CCC(CC1CC1)NS(=O)(=O)c1ccc(C#N)nc1. The first-order chi connectivity index (χ1) is 9.05. The second-order valence-corrected chi connectivity index (χ2v) is 6.61. The standard InChI is InChI=1S/C13H17N3O2S/c1-2-11(7-10-3-4-10)16-19(17,18)13-6-5-12(8-14)15-9-13/h5-6,9-11,16H,2-4,7H2,1H3. The third-order valence-corrected chi connectivity index (χ3v) is 4.80. The molecule has 102 valence electrons. The molecule has 0 spiro atoms. The van der Waals surface area contributed by atoms with Crippen molar-refractivity contribution in [2.45, 2.75) is 43.5 Å². The van der Waals surface area contributed by atoms with Gasteiger partial charge < -0.3 is 0 Å². The summed E-state index contributed by atoms with van der Waals surface area (Å²) in [5, 5.41) is 8.64. The minimum absolute atomic E-state index is 0.0202. The van der Waals surface area contributed by atoms with Gasteiger partial charge in [-0.25, -0.2) is 18.1 Å². The van der Waals surface area contributed by atoms with E-state index in [1.165, 1.54) is 31.2 Å². The number of nitrogens with one attached hydrogen (secondary N) is 1. The van der Waals surface area contributed by atoms with Crippen molar-refractivity contribution in [3.05, 3.63) is 24.0 Å². The third kappa shape index (κ3) is 3.75. The molecule has 1 saturated carbocycles. The Morgan fingerprint density at radius 3 is 2.74 bits per heavy atom. The maximum absolute atomic E-state index is 12.2. The maximum atomic E-state index is 12.2. The molecule has 2 rings (SSSR count). The van der Waals surface area contributed by atoms with Crippen LogP contribution in [0.1, 0.15) is 38.3 Å². The molecule has 1 aliphatic rings. The van der Waals surface area contributed by atoms with Crippen molar-refractivity contribution in [3.63, 3.8) is 0 Å². The molecule has 0 radical (unpaired) electrons. The predicted molar refractivity (Wildman–Crippen MR) is 70.7 cm³/mol. The lowest BCUT2D eigenvalue weighted by Gasteiger charge is -2.16. The second kappa shape index (κ2) is 5.68. The number of nitrogens with zero attached hydrogens (tertiary/aromatic N) is 2. The molecule has 0 bridgehead atoms. The second-order valence-electron chi connectivity index (χ2n) is 4.90. The van der Waals surface area contributed by atoms with Crippen LogP contribution in [-0.2, 0) is 10.0 Å². The van der Waals surface area contributed by atoms with Gasteiger partial charge in [-0.15, -0.1) is 0 Å².